The second-order valence-electron chi connectivity index (χ2n) is 4.53. The van der Waals surface area contributed by atoms with E-state index >= 15 is 0 Å². The van der Waals surface area contributed by atoms with E-state index in [1.54, 1.807) is 24.3 Å². The Labute approximate surface area is 116 Å². The summed E-state index contributed by atoms with van der Waals surface area (Å²) in [4.78, 5) is 0.225. The summed E-state index contributed by atoms with van der Waals surface area (Å²) >= 11 is 3.27. The second-order valence-corrected chi connectivity index (χ2v) is 7.16. The smallest absolute Gasteiger partial charge is 0.240 e. The fourth-order valence-corrected chi connectivity index (χ4v) is 3.70. The van der Waals surface area contributed by atoms with Gasteiger partial charge in [0.2, 0.25) is 10.0 Å². The molecule has 1 aromatic rings. The minimum Gasteiger partial charge on any atom is -0.391 e. The van der Waals surface area contributed by atoms with Crippen molar-refractivity contribution >= 4 is 26.0 Å². The molecule has 100 valence electrons. The van der Waals surface area contributed by atoms with Crippen LogP contribution in [0.5, 0.6) is 0 Å². The second kappa shape index (κ2) is 5.69. The molecule has 0 radical (unpaired) electrons. The monoisotopic (exact) mass is 333 g/mol. The van der Waals surface area contributed by atoms with Crippen LogP contribution in [0.3, 0.4) is 0 Å². The molecular weight excluding hydrogens is 318 g/mol. The fourth-order valence-electron chi connectivity index (χ4n) is 2.13. The van der Waals surface area contributed by atoms with E-state index in [4.69, 9.17) is 0 Å². The molecule has 1 aliphatic rings. The largest absolute Gasteiger partial charge is 0.391 e. The first-order valence-corrected chi connectivity index (χ1v) is 8.22. The van der Waals surface area contributed by atoms with Gasteiger partial charge in [0.05, 0.1) is 11.0 Å². The molecule has 2 rings (SSSR count). The van der Waals surface area contributed by atoms with Crippen LogP contribution in [0.1, 0.15) is 25.7 Å². The Bertz CT molecular complexity index is 501. The van der Waals surface area contributed by atoms with Gasteiger partial charge in [0.15, 0.2) is 0 Å². The Morgan fingerprint density at radius 3 is 2.39 bits per heavy atom. The number of hydrogen-bond acceptors (Lipinski definition) is 3. The van der Waals surface area contributed by atoms with Crippen LogP contribution in [-0.2, 0) is 10.0 Å². The van der Waals surface area contributed by atoms with Gasteiger partial charge in [-0.3, -0.25) is 0 Å². The molecule has 2 atom stereocenters. The van der Waals surface area contributed by atoms with E-state index in [9.17, 15) is 13.5 Å². The molecule has 0 saturated heterocycles. The Hall–Kier alpha value is -0.430. The molecule has 18 heavy (non-hydrogen) atoms. The molecule has 4 nitrogen and oxygen atoms in total. The lowest BCUT2D eigenvalue weighted by Crippen LogP contribution is -2.44. The van der Waals surface area contributed by atoms with Crippen molar-refractivity contribution in [2.75, 3.05) is 0 Å². The first-order chi connectivity index (χ1) is 8.49. The van der Waals surface area contributed by atoms with E-state index in [2.05, 4.69) is 20.7 Å². The molecule has 0 bridgehead atoms. The Kier molecular flexibility index (Phi) is 4.42. The Morgan fingerprint density at radius 1 is 1.17 bits per heavy atom. The summed E-state index contributed by atoms with van der Waals surface area (Å²) in [6.45, 7) is 0. The third kappa shape index (κ3) is 3.32. The van der Waals surface area contributed by atoms with Gasteiger partial charge in [-0.15, -0.1) is 0 Å². The van der Waals surface area contributed by atoms with E-state index in [1.165, 1.54) is 0 Å². The van der Waals surface area contributed by atoms with Crippen molar-refractivity contribution in [2.45, 2.75) is 42.7 Å². The summed E-state index contributed by atoms with van der Waals surface area (Å²) in [5, 5.41) is 9.79. The minimum atomic E-state index is -3.54. The van der Waals surface area contributed by atoms with Crippen molar-refractivity contribution in [2.24, 2.45) is 0 Å². The molecule has 1 saturated carbocycles. The number of aliphatic hydroxyl groups is 1. The quantitative estimate of drug-likeness (QED) is 0.889. The lowest BCUT2D eigenvalue weighted by Gasteiger charge is -2.28. The molecule has 0 aliphatic heterocycles. The van der Waals surface area contributed by atoms with Crippen LogP contribution in [0.25, 0.3) is 0 Å². The average Bonchev–Trinajstić information content (AvgIpc) is 2.32. The number of halogens is 1. The highest BCUT2D eigenvalue weighted by Crippen LogP contribution is 2.21. The highest BCUT2D eigenvalue weighted by atomic mass is 79.9. The molecule has 1 aliphatic carbocycles. The molecule has 2 N–H and O–H groups in total. The first kappa shape index (κ1) is 14.0. The molecule has 1 aromatic carbocycles. The summed E-state index contributed by atoms with van der Waals surface area (Å²) in [5.74, 6) is 0. The highest BCUT2D eigenvalue weighted by Gasteiger charge is 2.27. The maximum Gasteiger partial charge on any atom is 0.240 e. The zero-order valence-corrected chi connectivity index (χ0v) is 12.2. The zero-order chi connectivity index (χ0) is 13.2. The lowest BCUT2D eigenvalue weighted by atomic mass is 9.93. The SMILES string of the molecule is O=S(=O)(N[C@H]1CCCC[C@@H]1O)c1ccc(Br)cc1. The third-order valence-electron chi connectivity index (χ3n) is 3.16. The topological polar surface area (TPSA) is 66.4 Å². The van der Waals surface area contributed by atoms with Gasteiger partial charge in [0, 0.05) is 10.5 Å². The fraction of sp³-hybridized carbons (Fsp3) is 0.500. The molecule has 0 amide bonds. The standard InChI is InChI=1S/C12H16BrNO3S/c13-9-5-7-10(8-6-9)18(16,17)14-11-3-1-2-4-12(11)15/h5-8,11-12,14-15H,1-4H2/t11-,12-/m0/s1. The van der Waals surface area contributed by atoms with Crippen molar-refractivity contribution in [1.82, 2.24) is 4.72 Å². The number of nitrogens with one attached hydrogen (secondary N) is 1. The molecule has 0 spiro atoms. The van der Waals surface area contributed by atoms with Crippen LogP contribution in [0.4, 0.5) is 0 Å². The number of rotatable bonds is 3. The molecule has 0 aromatic heterocycles. The van der Waals surface area contributed by atoms with Gasteiger partial charge in [-0.1, -0.05) is 28.8 Å². The summed E-state index contributed by atoms with van der Waals surface area (Å²) < 4.78 is 27.7. The van der Waals surface area contributed by atoms with Gasteiger partial charge >= 0.3 is 0 Å². The van der Waals surface area contributed by atoms with Crippen LogP contribution in [0.2, 0.25) is 0 Å². The van der Waals surface area contributed by atoms with Gasteiger partial charge < -0.3 is 5.11 Å². The summed E-state index contributed by atoms with van der Waals surface area (Å²) in [5.41, 5.74) is 0. The van der Waals surface area contributed by atoms with Crippen LogP contribution < -0.4 is 4.72 Å². The molecule has 6 heteroatoms. The summed E-state index contributed by atoms with van der Waals surface area (Å²) in [6, 6.07) is 6.09. The lowest BCUT2D eigenvalue weighted by molar-refractivity contribution is 0.101. The van der Waals surface area contributed by atoms with E-state index in [0.717, 1.165) is 17.3 Å². The zero-order valence-electron chi connectivity index (χ0n) is 9.84. The van der Waals surface area contributed by atoms with Gasteiger partial charge in [0.25, 0.3) is 0 Å². The Balaban J connectivity index is 2.13. The molecule has 0 unspecified atom stereocenters. The van der Waals surface area contributed by atoms with Crippen molar-refractivity contribution in [3.63, 3.8) is 0 Å². The number of aliphatic hydroxyl groups excluding tert-OH is 1. The molecule has 0 heterocycles. The van der Waals surface area contributed by atoms with E-state index in [-0.39, 0.29) is 10.9 Å². The summed E-state index contributed by atoms with van der Waals surface area (Å²) in [7, 11) is -3.54. The molecule has 1 fully saturated rings. The van der Waals surface area contributed by atoms with Crippen molar-refractivity contribution < 1.29 is 13.5 Å². The van der Waals surface area contributed by atoms with Crippen LogP contribution in [0, 0.1) is 0 Å². The molecular formula is C12H16BrNO3S. The highest BCUT2D eigenvalue weighted by molar-refractivity contribution is 9.10. The van der Waals surface area contributed by atoms with Crippen LogP contribution in [-0.4, -0.2) is 25.7 Å². The normalized spacial score (nSPS) is 25.0. The third-order valence-corrected chi connectivity index (χ3v) is 5.19. The Morgan fingerprint density at radius 2 is 1.78 bits per heavy atom. The average molecular weight is 334 g/mol. The van der Waals surface area contributed by atoms with Gasteiger partial charge in [0.1, 0.15) is 0 Å². The predicted molar refractivity (Wildman–Crippen MR) is 72.7 cm³/mol. The van der Waals surface area contributed by atoms with Crippen LogP contribution in [0.15, 0.2) is 33.6 Å². The van der Waals surface area contributed by atoms with Gasteiger partial charge in [-0.25, -0.2) is 13.1 Å². The maximum atomic E-state index is 12.1. The van der Waals surface area contributed by atoms with E-state index < -0.39 is 16.1 Å². The van der Waals surface area contributed by atoms with Gasteiger partial charge in [-0.05, 0) is 37.1 Å². The van der Waals surface area contributed by atoms with E-state index in [0.29, 0.717) is 12.8 Å². The number of hydrogen-bond donors (Lipinski definition) is 2. The first-order valence-electron chi connectivity index (χ1n) is 5.95. The van der Waals surface area contributed by atoms with Gasteiger partial charge in [-0.2, -0.15) is 0 Å². The summed E-state index contributed by atoms with van der Waals surface area (Å²) in [6.07, 6.45) is 2.68. The van der Waals surface area contributed by atoms with E-state index in [1.807, 2.05) is 0 Å². The minimum absolute atomic E-state index is 0.225. The number of sulfonamides is 1. The van der Waals surface area contributed by atoms with Crippen molar-refractivity contribution in [1.29, 1.82) is 0 Å². The maximum absolute atomic E-state index is 12.1. The van der Waals surface area contributed by atoms with Crippen LogP contribution >= 0.6 is 15.9 Å². The predicted octanol–water partition coefficient (Wildman–Crippen LogP) is 2.03. The number of benzene rings is 1. The van der Waals surface area contributed by atoms with Crippen molar-refractivity contribution in [3.8, 4) is 0 Å². The van der Waals surface area contributed by atoms with Crippen molar-refractivity contribution in [3.05, 3.63) is 28.7 Å².